The van der Waals surface area contributed by atoms with Crippen molar-refractivity contribution in [3.63, 3.8) is 0 Å². The number of halogens is 1. The minimum absolute atomic E-state index is 0.602. The van der Waals surface area contributed by atoms with Crippen LogP contribution in [-0.2, 0) is 13.1 Å². The first-order valence-electron chi connectivity index (χ1n) is 6.04. The molecule has 1 aliphatic heterocycles. The first kappa shape index (κ1) is 12.8. The molecule has 1 aromatic rings. The van der Waals surface area contributed by atoms with Gasteiger partial charge < -0.3 is 5.73 Å². The van der Waals surface area contributed by atoms with Crippen LogP contribution in [0.5, 0.6) is 0 Å². The van der Waals surface area contributed by atoms with Crippen molar-refractivity contribution in [1.29, 1.82) is 0 Å². The third-order valence-corrected chi connectivity index (χ3v) is 4.01. The van der Waals surface area contributed by atoms with Crippen LogP contribution >= 0.6 is 15.9 Å². The molecule has 0 saturated carbocycles. The van der Waals surface area contributed by atoms with E-state index in [1.165, 1.54) is 27.6 Å². The van der Waals surface area contributed by atoms with E-state index in [1.54, 1.807) is 0 Å². The maximum atomic E-state index is 5.63. The van der Waals surface area contributed by atoms with E-state index < -0.39 is 0 Å². The van der Waals surface area contributed by atoms with Crippen molar-refractivity contribution in [1.82, 2.24) is 4.90 Å². The smallest absolute Gasteiger partial charge is 0.0248 e. The Morgan fingerprint density at radius 1 is 1.41 bits per heavy atom. The minimum atomic E-state index is 0.602. The molecule has 0 unspecified atom stereocenters. The normalized spacial score (nSPS) is 17.0. The summed E-state index contributed by atoms with van der Waals surface area (Å²) in [5, 5.41) is 0. The first-order chi connectivity index (χ1) is 8.19. The molecular weight excluding hydrogens is 276 g/mol. The summed E-state index contributed by atoms with van der Waals surface area (Å²) in [7, 11) is 0. The van der Waals surface area contributed by atoms with E-state index in [0.29, 0.717) is 6.54 Å². The van der Waals surface area contributed by atoms with Crippen LogP contribution in [0.1, 0.15) is 24.5 Å². The molecule has 0 aliphatic carbocycles. The molecule has 0 fully saturated rings. The first-order valence-corrected chi connectivity index (χ1v) is 6.83. The highest BCUT2D eigenvalue weighted by Gasteiger charge is 2.11. The zero-order chi connectivity index (χ0) is 12.3. The highest BCUT2D eigenvalue weighted by Crippen LogP contribution is 2.21. The van der Waals surface area contributed by atoms with Gasteiger partial charge in [0.2, 0.25) is 0 Å². The Kier molecular flexibility index (Phi) is 4.37. The predicted molar refractivity (Wildman–Crippen MR) is 75.7 cm³/mol. The second-order valence-corrected chi connectivity index (χ2v) is 5.52. The molecule has 2 rings (SSSR count). The highest BCUT2D eigenvalue weighted by molar-refractivity contribution is 9.10. The molecule has 0 amide bonds. The van der Waals surface area contributed by atoms with Gasteiger partial charge in [0.1, 0.15) is 0 Å². The van der Waals surface area contributed by atoms with E-state index in [4.69, 9.17) is 5.73 Å². The summed E-state index contributed by atoms with van der Waals surface area (Å²) in [6.07, 6.45) is 3.52. The van der Waals surface area contributed by atoms with Gasteiger partial charge in [-0.2, -0.15) is 0 Å². The number of nitrogens with two attached hydrogens (primary N) is 1. The summed E-state index contributed by atoms with van der Waals surface area (Å²) in [4.78, 5) is 2.47. The Balaban J connectivity index is 2.04. The summed E-state index contributed by atoms with van der Waals surface area (Å²) in [6.45, 7) is 6.05. The Labute approximate surface area is 112 Å². The van der Waals surface area contributed by atoms with Gasteiger partial charge in [-0.3, -0.25) is 4.90 Å². The number of hydrogen-bond acceptors (Lipinski definition) is 2. The van der Waals surface area contributed by atoms with Crippen LogP contribution in [0.3, 0.4) is 0 Å². The minimum Gasteiger partial charge on any atom is -0.326 e. The molecule has 0 bridgehead atoms. The van der Waals surface area contributed by atoms with Crippen LogP contribution in [0.4, 0.5) is 0 Å². The fraction of sp³-hybridized carbons (Fsp3) is 0.429. The van der Waals surface area contributed by atoms with Gasteiger partial charge >= 0.3 is 0 Å². The number of hydrogen-bond donors (Lipinski definition) is 1. The maximum absolute atomic E-state index is 5.63. The topological polar surface area (TPSA) is 29.3 Å². The van der Waals surface area contributed by atoms with Crippen molar-refractivity contribution in [2.75, 3.05) is 13.1 Å². The standard InChI is InChI=1S/C14H19BrN2/c1-11-4-6-17(7-5-11)10-13-3-2-12(9-16)8-14(13)15/h2-4,8H,5-7,9-10,16H2,1H3. The lowest BCUT2D eigenvalue weighted by Gasteiger charge is -2.25. The Morgan fingerprint density at radius 3 is 2.82 bits per heavy atom. The Morgan fingerprint density at radius 2 is 2.24 bits per heavy atom. The van der Waals surface area contributed by atoms with Gasteiger partial charge in [0, 0.05) is 30.7 Å². The van der Waals surface area contributed by atoms with Crippen LogP contribution in [0.2, 0.25) is 0 Å². The number of nitrogens with zero attached hydrogens (tertiary/aromatic N) is 1. The van der Waals surface area contributed by atoms with Crippen LogP contribution in [0.15, 0.2) is 34.3 Å². The van der Waals surface area contributed by atoms with Gasteiger partial charge in [-0.05, 0) is 30.5 Å². The van der Waals surface area contributed by atoms with Crippen molar-refractivity contribution >= 4 is 15.9 Å². The van der Waals surface area contributed by atoms with E-state index in [-0.39, 0.29) is 0 Å². The summed E-state index contributed by atoms with van der Waals surface area (Å²) >= 11 is 3.63. The van der Waals surface area contributed by atoms with Crippen molar-refractivity contribution in [2.24, 2.45) is 5.73 Å². The van der Waals surface area contributed by atoms with Crippen molar-refractivity contribution in [3.8, 4) is 0 Å². The third kappa shape index (κ3) is 3.41. The monoisotopic (exact) mass is 294 g/mol. The molecule has 1 aliphatic rings. The average molecular weight is 295 g/mol. The largest absolute Gasteiger partial charge is 0.326 e. The second-order valence-electron chi connectivity index (χ2n) is 4.67. The molecule has 0 saturated heterocycles. The zero-order valence-electron chi connectivity index (χ0n) is 10.2. The number of benzene rings is 1. The van der Waals surface area contributed by atoms with Gasteiger partial charge in [-0.1, -0.05) is 39.7 Å². The van der Waals surface area contributed by atoms with Gasteiger partial charge in [0.15, 0.2) is 0 Å². The second kappa shape index (κ2) is 5.80. The van der Waals surface area contributed by atoms with Crippen molar-refractivity contribution in [2.45, 2.75) is 26.4 Å². The van der Waals surface area contributed by atoms with Gasteiger partial charge in [-0.15, -0.1) is 0 Å². The fourth-order valence-electron chi connectivity index (χ4n) is 2.04. The van der Waals surface area contributed by atoms with E-state index in [2.05, 4.69) is 52.0 Å². The Bertz CT molecular complexity index is 426. The molecule has 17 heavy (non-hydrogen) atoms. The third-order valence-electron chi connectivity index (χ3n) is 3.27. The maximum Gasteiger partial charge on any atom is 0.0248 e. The molecule has 1 heterocycles. The van der Waals surface area contributed by atoms with Crippen LogP contribution < -0.4 is 5.73 Å². The van der Waals surface area contributed by atoms with Gasteiger partial charge in [-0.25, -0.2) is 0 Å². The average Bonchev–Trinajstić information content (AvgIpc) is 2.34. The summed E-state index contributed by atoms with van der Waals surface area (Å²) in [6, 6.07) is 6.42. The summed E-state index contributed by atoms with van der Waals surface area (Å²) < 4.78 is 1.17. The fourth-order valence-corrected chi connectivity index (χ4v) is 2.59. The van der Waals surface area contributed by atoms with Crippen LogP contribution in [0.25, 0.3) is 0 Å². The molecule has 1 aromatic carbocycles. The molecule has 2 N–H and O–H groups in total. The van der Waals surface area contributed by atoms with Gasteiger partial charge in [0.25, 0.3) is 0 Å². The van der Waals surface area contributed by atoms with Crippen molar-refractivity contribution < 1.29 is 0 Å². The molecular formula is C14H19BrN2. The zero-order valence-corrected chi connectivity index (χ0v) is 11.8. The molecule has 0 radical (unpaired) electrons. The van der Waals surface area contributed by atoms with E-state index in [1.807, 2.05) is 0 Å². The highest BCUT2D eigenvalue weighted by atomic mass is 79.9. The molecule has 92 valence electrons. The van der Waals surface area contributed by atoms with E-state index >= 15 is 0 Å². The summed E-state index contributed by atoms with van der Waals surface area (Å²) in [5.41, 5.74) is 9.66. The lowest BCUT2D eigenvalue weighted by molar-refractivity contribution is 0.285. The van der Waals surface area contributed by atoms with Crippen molar-refractivity contribution in [3.05, 3.63) is 45.4 Å². The predicted octanol–water partition coefficient (Wildman–Crippen LogP) is 3.06. The lowest BCUT2D eigenvalue weighted by Crippen LogP contribution is -2.28. The van der Waals surface area contributed by atoms with Crippen LogP contribution in [0, 0.1) is 0 Å². The quantitative estimate of drug-likeness (QED) is 0.868. The molecule has 2 nitrogen and oxygen atoms in total. The van der Waals surface area contributed by atoms with E-state index in [0.717, 1.165) is 19.6 Å². The van der Waals surface area contributed by atoms with E-state index in [9.17, 15) is 0 Å². The lowest BCUT2D eigenvalue weighted by atomic mass is 10.1. The molecule has 0 atom stereocenters. The molecule has 0 spiro atoms. The summed E-state index contributed by atoms with van der Waals surface area (Å²) in [5.74, 6) is 0. The molecule has 3 heteroatoms. The molecule has 0 aromatic heterocycles. The Hall–Kier alpha value is -0.640. The SMILES string of the molecule is CC1=CCN(Cc2ccc(CN)cc2Br)CC1. The van der Waals surface area contributed by atoms with Crippen LogP contribution in [-0.4, -0.2) is 18.0 Å². The van der Waals surface area contributed by atoms with Gasteiger partial charge in [0.05, 0.1) is 0 Å². The number of rotatable bonds is 3.